The second-order valence-corrected chi connectivity index (χ2v) is 6.92. The maximum atomic E-state index is 12.3. The van der Waals surface area contributed by atoms with Crippen LogP contribution < -0.4 is 15.0 Å². The van der Waals surface area contributed by atoms with Gasteiger partial charge in [-0.1, -0.05) is 29.5 Å². The number of aromatic nitrogens is 1. The molecule has 2 heterocycles. The topological polar surface area (TPSA) is 74.7 Å². The lowest BCUT2D eigenvalue weighted by Crippen LogP contribution is -2.52. The lowest BCUT2D eigenvalue weighted by atomic mass is 10.00. The van der Waals surface area contributed by atoms with E-state index in [0.717, 1.165) is 21.1 Å². The average Bonchev–Trinajstić information content (AvgIpc) is 2.99. The van der Waals surface area contributed by atoms with Gasteiger partial charge in [-0.3, -0.25) is 4.79 Å². The molecular formula is C18H17N3O3S. The van der Waals surface area contributed by atoms with Gasteiger partial charge in [-0.15, -0.1) is 0 Å². The maximum Gasteiger partial charge on any atom is 0.231 e. The number of para-hydroxylation sites is 3. The van der Waals surface area contributed by atoms with Gasteiger partial charge >= 0.3 is 0 Å². The molecule has 1 aromatic heterocycles. The number of benzene rings is 2. The molecule has 0 aliphatic carbocycles. The first-order chi connectivity index (χ1) is 12.2. The van der Waals surface area contributed by atoms with Gasteiger partial charge in [0.15, 0.2) is 5.13 Å². The summed E-state index contributed by atoms with van der Waals surface area (Å²) in [6.07, 6.45) is 0. The molecule has 6 nitrogen and oxygen atoms in total. The standard InChI is InChI=1S/C18H17N3O3S/c1-24-14-7-4-8-15-16(14)20-18(25-15)21-9-11(10-21)17(23)19-12-5-2-3-6-13(12)22/h2-8,11,22H,9-10H2,1H3,(H,19,23). The largest absolute Gasteiger partial charge is 0.506 e. The number of anilines is 2. The molecule has 2 N–H and O–H groups in total. The number of ether oxygens (including phenoxy) is 1. The Hall–Kier alpha value is -2.80. The van der Waals surface area contributed by atoms with Crippen LogP contribution in [0.25, 0.3) is 10.2 Å². The maximum absolute atomic E-state index is 12.3. The molecule has 0 radical (unpaired) electrons. The first kappa shape index (κ1) is 15.7. The van der Waals surface area contributed by atoms with Gasteiger partial charge in [-0.25, -0.2) is 4.98 Å². The van der Waals surface area contributed by atoms with Crippen LogP contribution in [0.1, 0.15) is 0 Å². The van der Waals surface area contributed by atoms with E-state index in [1.807, 2.05) is 18.2 Å². The fourth-order valence-electron chi connectivity index (χ4n) is 2.83. The first-order valence-corrected chi connectivity index (χ1v) is 8.74. The summed E-state index contributed by atoms with van der Waals surface area (Å²) in [7, 11) is 1.64. The van der Waals surface area contributed by atoms with Crippen molar-refractivity contribution in [2.75, 3.05) is 30.4 Å². The van der Waals surface area contributed by atoms with Crippen molar-refractivity contribution in [3.05, 3.63) is 42.5 Å². The Morgan fingerprint density at radius 2 is 2.08 bits per heavy atom. The highest BCUT2D eigenvalue weighted by atomic mass is 32.1. The fraction of sp³-hybridized carbons (Fsp3) is 0.222. The number of phenolic OH excluding ortho intramolecular Hbond substituents is 1. The molecule has 1 saturated heterocycles. The highest BCUT2D eigenvalue weighted by Gasteiger charge is 2.34. The third kappa shape index (κ3) is 2.87. The van der Waals surface area contributed by atoms with Gasteiger partial charge in [-0.2, -0.15) is 0 Å². The lowest BCUT2D eigenvalue weighted by molar-refractivity contribution is -0.120. The zero-order chi connectivity index (χ0) is 17.4. The molecule has 0 atom stereocenters. The van der Waals surface area contributed by atoms with Crippen molar-refractivity contribution >= 4 is 38.3 Å². The van der Waals surface area contributed by atoms with Crippen LogP contribution in [0.3, 0.4) is 0 Å². The Morgan fingerprint density at radius 3 is 2.84 bits per heavy atom. The normalized spacial score (nSPS) is 14.4. The van der Waals surface area contributed by atoms with Crippen LogP contribution in [-0.2, 0) is 4.79 Å². The van der Waals surface area contributed by atoms with E-state index in [4.69, 9.17) is 4.74 Å². The molecule has 0 unspecified atom stereocenters. The fourth-order valence-corrected chi connectivity index (χ4v) is 3.83. The summed E-state index contributed by atoms with van der Waals surface area (Å²) in [5, 5.41) is 13.4. The minimum absolute atomic E-state index is 0.0743. The van der Waals surface area contributed by atoms with Gasteiger partial charge < -0.3 is 20.1 Å². The van der Waals surface area contributed by atoms with Crippen LogP contribution >= 0.6 is 11.3 Å². The molecule has 2 aromatic carbocycles. The summed E-state index contributed by atoms with van der Waals surface area (Å²) in [5.74, 6) is 0.629. The Balaban J connectivity index is 1.43. The van der Waals surface area contributed by atoms with Crippen molar-refractivity contribution in [3.63, 3.8) is 0 Å². The number of carbonyl (C=O) groups excluding carboxylic acids is 1. The summed E-state index contributed by atoms with van der Waals surface area (Å²) in [6, 6.07) is 12.6. The van der Waals surface area contributed by atoms with Crippen molar-refractivity contribution in [1.82, 2.24) is 4.98 Å². The predicted octanol–water partition coefficient (Wildman–Crippen LogP) is 3.09. The lowest BCUT2D eigenvalue weighted by Gasteiger charge is -2.37. The molecule has 4 rings (SSSR count). The van der Waals surface area contributed by atoms with Gasteiger partial charge in [-0.05, 0) is 24.3 Å². The summed E-state index contributed by atoms with van der Waals surface area (Å²) in [4.78, 5) is 19.0. The summed E-state index contributed by atoms with van der Waals surface area (Å²) in [6.45, 7) is 1.23. The van der Waals surface area contributed by atoms with Crippen LogP contribution in [0.4, 0.5) is 10.8 Å². The number of fused-ring (bicyclic) bond motifs is 1. The number of methoxy groups -OCH3 is 1. The molecule has 1 aliphatic heterocycles. The van der Waals surface area contributed by atoms with E-state index >= 15 is 0 Å². The average molecular weight is 355 g/mol. The second-order valence-electron chi connectivity index (χ2n) is 5.91. The van der Waals surface area contributed by atoms with E-state index in [1.165, 1.54) is 0 Å². The van der Waals surface area contributed by atoms with Crippen LogP contribution in [-0.4, -0.2) is 36.2 Å². The predicted molar refractivity (Wildman–Crippen MR) is 98.6 cm³/mol. The summed E-state index contributed by atoms with van der Waals surface area (Å²) >= 11 is 1.59. The van der Waals surface area contributed by atoms with Crippen molar-refractivity contribution < 1.29 is 14.6 Å². The van der Waals surface area contributed by atoms with Gasteiger partial charge in [0.05, 0.1) is 23.4 Å². The molecule has 0 saturated carbocycles. The molecule has 1 fully saturated rings. The number of thiazole rings is 1. The van der Waals surface area contributed by atoms with Crippen LogP contribution in [0.2, 0.25) is 0 Å². The number of aromatic hydroxyl groups is 1. The summed E-state index contributed by atoms with van der Waals surface area (Å²) < 4.78 is 6.41. The minimum atomic E-state index is -0.117. The molecule has 0 spiro atoms. The third-order valence-corrected chi connectivity index (χ3v) is 5.36. The molecule has 25 heavy (non-hydrogen) atoms. The van der Waals surface area contributed by atoms with Crippen LogP contribution in [0, 0.1) is 5.92 Å². The van der Waals surface area contributed by atoms with Gasteiger partial charge in [0.25, 0.3) is 0 Å². The van der Waals surface area contributed by atoms with E-state index in [9.17, 15) is 9.90 Å². The zero-order valence-corrected chi connectivity index (χ0v) is 14.4. The Morgan fingerprint density at radius 1 is 1.28 bits per heavy atom. The molecule has 7 heteroatoms. The highest BCUT2D eigenvalue weighted by molar-refractivity contribution is 7.22. The number of hydrogen-bond donors (Lipinski definition) is 2. The number of rotatable bonds is 4. The smallest absolute Gasteiger partial charge is 0.231 e. The van der Waals surface area contributed by atoms with Gasteiger partial charge in [0.1, 0.15) is 17.0 Å². The van der Waals surface area contributed by atoms with Crippen molar-refractivity contribution in [2.45, 2.75) is 0 Å². The van der Waals surface area contributed by atoms with E-state index in [2.05, 4.69) is 15.2 Å². The number of nitrogens with zero attached hydrogens (tertiary/aromatic N) is 2. The van der Waals surface area contributed by atoms with E-state index in [1.54, 1.807) is 42.7 Å². The second kappa shape index (κ2) is 6.25. The van der Waals surface area contributed by atoms with Crippen LogP contribution in [0.15, 0.2) is 42.5 Å². The van der Waals surface area contributed by atoms with Crippen molar-refractivity contribution in [3.8, 4) is 11.5 Å². The first-order valence-electron chi connectivity index (χ1n) is 7.93. The highest BCUT2D eigenvalue weighted by Crippen LogP contribution is 2.36. The van der Waals surface area contributed by atoms with Gasteiger partial charge in [0.2, 0.25) is 5.91 Å². The van der Waals surface area contributed by atoms with Crippen molar-refractivity contribution in [2.24, 2.45) is 5.92 Å². The van der Waals surface area contributed by atoms with Gasteiger partial charge in [0, 0.05) is 13.1 Å². The monoisotopic (exact) mass is 355 g/mol. The Kier molecular flexibility index (Phi) is 3.93. The molecular weight excluding hydrogens is 338 g/mol. The molecule has 1 amide bonds. The number of phenols is 1. The number of carbonyl (C=O) groups is 1. The third-order valence-electron chi connectivity index (χ3n) is 4.28. The molecule has 0 bridgehead atoms. The van der Waals surface area contributed by atoms with E-state index in [0.29, 0.717) is 18.8 Å². The Labute approximate surface area is 148 Å². The van der Waals surface area contributed by atoms with Crippen LogP contribution in [0.5, 0.6) is 11.5 Å². The van der Waals surface area contributed by atoms with Crippen molar-refractivity contribution in [1.29, 1.82) is 0 Å². The molecule has 128 valence electrons. The summed E-state index contributed by atoms with van der Waals surface area (Å²) in [5.41, 5.74) is 1.29. The number of hydrogen-bond acceptors (Lipinski definition) is 6. The number of nitrogens with one attached hydrogen (secondary N) is 1. The minimum Gasteiger partial charge on any atom is -0.506 e. The van der Waals surface area contributed by atoms with E-state index in [-0.39, 0.29) is 17.6 Å². The zero-order valence-electron chi connectivity index (χ0n) is 13.6. The van der Waals surface area contributed by atoms with E-state index < -0.39 is 0 Å². The SMILES string of the molecule is COc1cccc2sc(N3CC(C(=O)Nc4ccccc4O)C3)nc12. The molecule has 3 aromatic rings. The number of amides is 1. The molecule has 1 aliphatic rings. The Bertz CT molecular complexity index is 934. The quantitative estimate of drug-likeness (QED) is 0.704.